The van der Waals surface area contributed by atoms with Gasteiger partial charge in [-0.05, 0) is 74.6 Å². The summed E-state index contributed by atoms with van der Waals surface area (Å²) in [5.74, 6) is 1.27. The molecule has 1 aromatic carbocycles. The van der Waals surface area contributed by atoms with E-state index < -0.39 is 0 Å². The van der Waals surface area contributed by atoms with Crippen LogP contribution in [0, 0.1) is 5.92 Å². The molecule has 0 bridgehead atoms. The average Bonchev–Trinajstić information content (AvgIpc) is 3.33. The van der Waals surface area contributed by atoms with Gasteiger partial charge in [0, 0.05) is 25.2 Å². The number of hydrogen-bond acceptors (Lipinski definition) is 3. The zero-order valence-electron chi connectivity index (χ0n) is 17.9. The number of rotatable bonds is 5. The predicted molar refractivity (Wildman–Crippen MR) is 122 cm³/mol. The monoisotopic (exact) mass is 433 g/mol. The molecule has 2 aliphatic heterocycles. The molecule has 0 aromatic heterocycles. The van der Waals surface area contributed by atoms with Crippen molar-refractivity contribution >= 4 is 24.2 Å². The Morgan fingerprint density at radius 2 is 1.73 bits per heavy atom. The molecule has 0 radical (unpaired) electrons. The molecule has 0 spiro atoms. The molecule has 3 aliphatic rings. The van der Waals surface area contributed by atoms with Crippen LogP contribution in [0.4, 0.5) is 0 Å². The van der Waals surface area contributed by atoms with E-state index in [2.05, 4.69) is 22.8 Å². The van der Waals surface area contributed by atoms with E-state index in [-0.39, 0.29) is 30.3 Å². The maximum atomic E-state index is 13.0. The zero-order chi connectivity index (χ0) is 20.1. The summed E-state index contributed by atoms with van der Waals surface area (Å²) in [5.41, 5.74) is 2.19. The summed E-state index contributed by atoms with van der Waals surface area (Å²) in [7, 11) is 0. The number of nitrogens with one attached hydrogen (secondary N) is 2. The Morgan fingerprint density at radius 1 is 0.967 bits per heavy atom. The fourth-order valence-corrected chi connectivity index (χ4v) is 5.21. The Kier molecular flexibility index (Phi) is 8.58. The molecule has 2 unspecified atom stereocenters. The molecule has 1 aromatic rings. The van der Waals surface area contributed by atoms with Gasteiger partial charge in [-0.25, -0.2) is 0 Å². The number of piperidine rings is 1. The van der Waals surface area contributed by atoms with E-state index in [4.69, 9.17) is 0 Å². The Hall–Kier alpha value is -1.59. The third-order valence-corrected chi connectivity index (χ3v) is 6.98. The highest BCUT2D eigenvalue weighted by atomic mass is 35.5. The maximum Gasteiger partial charge on any atom is 0.253 e. The molecule has 2 atom stereocenters. The normalized spacial score (nSPS) is 24.9. The van der Waals surface area contributed by atoms with Crippen LogP contribution in [-0.2, 0) is 4.79 Å². The van der Waals surface area contributed by atoms with E-state index in [1.54, 1.807) is 0 Å². The average molecular weight is 434 g/mol. The first-order valence-corrected chi connectivity index (χ1v) is 11.6. The Bertz CT molecular complexity index is 697. The third kappa shape index (κ3) is 5.76. The number of nitrogens with zero attached hydrogens (tertiary/aromatic N) is 1. The summed E-state index contributed by atoms with van der Waals surface area (Å²) in [5, 5.41) is 6.34. The third-order valence-electron chi connectivity index (χ3n) is 6.98. The summed E-state index contributed by atoms with van der Waals surface area (Å²) in [6, 6.07) is 8.34. The van der Waals surface area contributed by atoms with Crippen molar-refractivity contribution < 1.29 is 9.59 Å². The second-order valence-electron chi connectivity index (χ2n) is 9.11. The van der Waals surface area contributed by atoms with Gasteiger partial charge in [0.05, 0.1) is 6.04 Å². The standard InChI is InChI=1S/C24H35N3O2.ClH/c28-23(22-9-4-14-25-22)26-16-18-6-5-15-27(17-18)24(29)21-12-10-20(11-13-21)19-7-2-1-3-8-19;/h10-13,18-19,22,25H,1-9,14-17H2,(H,26,28);1H. The van der Waals surface area contributed by atoms with Gasteiger partial charge in [-0.1, -0.05) is 31.4 Å². The van der Waals surface area contributed by atoms with Crippen LogP contribution >= 0.6 is 12.4 Å². The van der Waals surface area contributed by atoms with Gasteiger partial charge in [-0.15, -0.1) is 12.4 Å². The summed E-state index contributed by atoms with van der Waals surface area (Å²) >= 11 is 0. The van der Waals surface area contributed by atoms with E-state index in [9.17, 15) is 9.59 Å². The molecule has 6 heteroatoms. The van der Waals surface area contributed by atoms with Gasteiger partial charge >= 0.3 is 0 Å². The largest absolute Gasteiger partial charge is 0.354 e. The fourth-order valence-electron chi connectivity index (χ4n) is 5.21. The second kappa shape index (κ2) is 11.1. The fraction of sp³-hybridized carbons (Fsp3) is 0.667. The number of carbonyl (C=O) groups excluding carboxylic acids is 2. The van der Waals surface area contributed by atoms with Crippen molar-refractivity contribution in [2.75, 3.05) is 26.2 Å². The lowest BCUT2D eigenvalue weighted by molar-refractivity contribution is -0.123. The number of carbonyl (C=O) groups is 2. The molecule has 1 aliphatic carbocycles. The van der Waals surface area contributed by atoms with Crippen LogP contribution < -0.4 is 10.6 Å². The summed E-state index contributed by atoms with van der Waals surface area (Å²) in [6.07, 6.45) is 10.7. The van der Waals surface area contributed by atoms with Crippen LogP contribution in [0.25, 0.3) is 0 Å². The summed E-state index contributed by atoms with van der Waals surface area (Å²) in [6.45, 7) is 3.16. The highest BCUT2D eigenvalue weighted by Crippen LogP contribution is 2.32. The van der Waals surface area contributed by atoms with Gasteiger partial charge < -0.3 is 15.5 Å². The van der Waals surface area contributed by atoms with Crippen LogP contribution in [0.3, 0.4) is 0 Å². The molecule has 4 rings (SSSR count). The number of benzene rings is 1. The number of hydrogen-bond donors (Lipinski definition) is 2. The van der Waals surface area contributed by atoms with Gasteiger partial charge in [-0.2, -0.15) is 0 Å². The molecule has 2 N–H and O–H groups in total. The van der Waals surface area contributed by atoms with Gasteiger partial charge in [0.15, 0.2) is 0 Å². The molecular weight excluding hydrogens is 398 g/mol. The minimum absolute atomic E-state index is 0. The lowest BCUT2D eigenvalue weighted by Crippen LogP contribution is -2.46. The van der Waals surface area contributed by atoms with Crippen molar-refractivity contribution in [3.8, 4) is 0 Å². The quantitative estimate of drug-likeness (QED) is 0.740. The van der Waals surface area contributed by atoms with Gasteiger partial charge in [0.25, 0.3) is 5.91 Å². The van der Waals surface area contributed by atoms with Crippen molar-refractivity contribution in [3.63, 3.8) is 0 Å². The topological polar surface area (TPSA) is 61.4 Å². The minimum Gasteiger partial charge on any atom is -0.354 e. The first-order valence-electron chi connectivity index (χ1n) is 11.6. The van der Waals surface area contributed by atoms with Crippen molar-refractivity contribution in [2.24, 2.45) is 5.92 Å². The molecule has 1 saturated carbocycles. The van der Waals surface area contributed by atoms with Gasteiger partial charge in [0.1, 0.15) is 0 Å². The van der Waals surface area contributed by atoms with Crippen LogP contribution in [-0.4, -0.2) is 48.9 Å². The van der Waals surface area contributed by atoms with Crippen molar-refractivity contribution in [1.82, 2.24) is 15.5 Å². The highest BCUT2D eigenvalue weighted by molar-refractivity contribution is 5.94. The molecule has 3 fully saturated rings. The molecule has 166 valence electrons. The van der Waals surface area contributed by atoms with Crippen LogP contribution in [0.1, 0.15) is 79.6 Å². The molecule has 30 heavy (non-hydrogen) atoms. The number of halogens is 1. The predicted octanol–water partition coefficient (Wildman–Crippen LogP) is 3.88. The SMILES string of the molecule is Cl.O=C(NCC1CCCN(C(=O)c2ccc(C3CCCCC3)cc2)C1)C1CCCN1. The molecule has 2 amide bonds. The molecular formula is C24H36ClN3O2. The summed E-state index contributed by atoms with van der Waals surface area (Å²) in [4.78, 5) is 27.2. The van der Waals surface area contributed by atoms with Crippen molar-refractivity contribution in [3.05, 3.63) is 35.4 Å². The first kappa shape index (κ1) is 23.1. The Morgan fingerprint density at radius 3 is 2.43 bits per heavy atom. The Labute approximate surface area is 186 Å². The van der Waals surface area contributed by atoms with Crippen LogP contribution in [0.15, 0.2) is 24.3 Å². The number of likely N-dealkylation sites (tertiary alicyclic amines) is 1. The van der Waals surface area contributed by atoms with E-state index in [0.717, 1.165) is 50.9 Å². The summed E-state index contributed by atoms with van der Waals surface area (Å²) < 4.78 is 0. The lowest BCUT2D eigenvalue weighted by Gasteiger charge is -2.33. The molecule has 2 saturated heterocycles. The Balaban J connectivity index is 0.00000256. The second-order valence-corrected chi connectivity index (χ2v) is 9.11. The first-order chi connectivity index (χ1) is 14.2. The van der Waals surface area contributed by atoms with Crippen molar-refractivity contribution in [2.45, 2.75) is 69.7 Å². The van der Waals surface area contributed by atoms with Crippen LogP contribution in [0.2, 0.25) is 0 Å². The van der Waals surface area contributed by atoms with E-state index in [1.165, 1.54) is 37.7 Å². The van der Waals surface area contributed by atoms with E-state index in [1.807, 2.05) is 17.0 Å². The molecule has 2 heterocycles. The minimum atomic E-state index is -0.0287. The number of amides is 2. The van der Waals surface area contributed by atoms with E-state index in [0.29, 0.717) is 18.4 Å². The van der Waals surface area contributed by atoms with Gasteiger partial charge in [-0.3, -0.25) is 9.59 Å². The zero-order valence-corrected chi connectivity index (χ0v) is 18.7. The maximum absolute atomic E-state index is 13.0. The van der Waals surface area contributed by atoms with Gasteiger partial charge in [0.2, 0.25) is 5.91 Å². The smallest absolute Gasteiger partial charge is 0.253 e. The van der Waals surface area contributed by atoms with E-state index >= 15 is 0 Å². The molecule has 5 nitrogen and oxygen atoms in total. The van der Waals surface area contributed by atoms with Crippen LogP contribution in [0.5, 0.6) is 0 Å². The highest BCUT2D eigenvalue weighted by Gasteiger charge is 2.27. The lowest BCUT2D eigenvalue weighted by atomic mass is 9.84. The van der Waals surface area contributed by atoms with Crippen molar-refractivity contribution in [1.29, 1.82) is 0 Å².